The lowest BCUT2D eigenvalue weighted by molar-refractivity contribution is -0.143. The third-order valence-corrected chi connectivity index (χ3v) is 4.72. The maximum absolute atomic E-state index is 12.8. The van der Waals surface area contributed by atoms with Crippen molar-refractivity contribution < 1.29 is 14.3 Å². The van der Waals surface area contributed by atoms with Crippen LogP contribution in [0.1, 0.15) is 24.2 Å². The minimum absolute atomic E-state index is 0.0407. The van der Waals surface area contributed by atoms with Gasteiger partial charge in [-0.1, -0.05) is 18.2 Å². The number of likely N-dealkylation sites (tertiary alicyclic amines) is 1. The van der Waals surface area contributed by atoms with E-state index >= 15 is 0 Å². The lowest BCUT2D eigenvalue weighted by Crippen LogP contribution is -2.45. The largest absolute Gasteiger partial charge is 0.496 e. The Morgan fingerprint density at radius 3 is 2.96 bits per heavy atom. The standard InChI is InChI=1S/C19H24N4O3/c1-22(13-17-20-9-10-21-17)19(25)15-7-8-18(24)23(12-15)11-14-5-3-4-6-16(14)26-2/h3-6,9-10,15H,7-8,11-13H2,1-2H3,(H,20,21)/t15-/m0/s1. The maximum Gasteiger partial charge on any atom is 0.227 e. The van der Waals surface area contributed by atoms with Crippen molar-refractivity contribution in [2.45, 2.75) is 25.9 Å². The third kappa shape index (κ3) is 4.04. The molecule has 1 N–H and O–H groups in total. The molecular formula is C19H24N4O3. The molecule has 0 saturated carbocycles. The topological polar surface area (TPSA) is 78.5 Å². The molecule has 1 fully saturated rings. The molecule has 0 radical (unpaired) electrons. The number of hydrogen-bond acceptors (Lipinski definition) is 4. The number of hydrogen-bond donors (Lipinski definition) is 1. The van der Waals surface area contributed by atoms with Crippen molar-refractivity contribution in [2.24, 2.45) is 5.92 Å². The van der Waals surface area contributed by atoms with Gasteiger partial charge in [0.05, 0.1) is 19.6 Å². The fraction of sp³-hybridized carbons (Fsp3) is 0.421. The van der Waals surface area contributed by atoms with Crippen molar-refractivity contribution in [1.29, 1.82) is 0 Å². The van der Waals surface area contributed by atoms with Crippen molar-refractivity contribution in [1.82, 2.24) is 19.8 Å². The molecular weight excluding hydrogens is 332 g/mol. The first kappa shape index (κ1) is 18.0. The van der Waals surface area contributed by atoms with Gasteiger partial charge in [0.15, 0.2) is 0 Å². The summed E-state index contributed by atoms with van der Waals surface area (Å²) in [6, 6.07) is 7.65. The molecule has 1 saturated heterocycles. The van der Waals surface area contributed by atoms with Gasteiger partial charge in [0.25, 0.3) is 0 Å². The van der Waals surface area contributed by atoms with Gasteiger partial charge in [0.2, 0.25) is 11.8 Å². The smallest absolute Gasteiger partial charge is 0.227 e. The van der Waals surface area contributed by atoms with Crippen LogP contribution in [0.3, 0.4) is 0 Å². The van der Waals surface area contributed by atoms with E-state index < -0.39 is 0 Å². The summed E-state index contributed by atoms with van der Waals surface area (Å²) in [6.07, 6.45) is 4.38. The van der Waals surface area contributed by atoms with Gasteiger partial charge in [0, 0.05) is 44.5 Å². The number of nitrogens with zero attached hydrogens (tertiary/aromatic N) is 3. The Balaban J connectivity index is 1.65. The molecule has 7 nitrogen and oxygen atoms in total. The van der Waals surface area contributed by atoms with Gasteiger partial charge in [-0.05, 0) is 12.5 Å². The predicted octanol–water partition coefficient (Wildman–Crippen LogP) is 1.82. The Hall–Kier alpha value is -2.83. The molecule has 0 spiro atoms. The average molecular weight is 356 g/mol. The van der Waals surface area contributed by atoms with Gasteiger partial charge < -0.3 is 19.5 Å². The molecule has 1 atom stereocenters. The molecule has 1 aliphatic heterocycles. The van der Waals surface area contributed by atoms with E-state index in [9.17, 15) is 9.59 Å². The van der Waals surface area contributed by atoms with Gasteiger partial charge in [-0.3, -0.25) is 9.59 Å². The van der Waals surface area contributed by atoms with E-state index in [1.54, 1.807) is 36.4 Å². The van der Waals surface area contributed by atoms with Crippen molar-refractivity contribution in [3.05, 3.63) is 48.0 Å². The number of para-hydroxylation sites is 1. The molecule has 2 aromatic rings. The Labute approximate surface area is 153 Å². The Morgan fingerprint density at radius 1 is 1.42 bits per heavy atom. The number of carbonyl (C=O) groups excluding carboxylic acids is 2. The first-order valence-corrected chi connectivity index (χ1v) is 8.71. The number of ether oxygens (including phenoxy) is 1. The molecule has 3 rings (SSSR count). The van der Waals surface area contributed by atoms with Crippen LogP contribution in [-0.4, -0.2) is 52.3 Å². The van der Waals surface area contributed by atoms with E-state index in [-0.39, 0.29) is 17.7 Å². The summed E-state index contributed by atoms with van der Waals surface area (Å²) in [6.45, 7) is 1.32. The number of carbonyl (C=O) groups is 2. The zero-order valence-corrected chi connectivity index (χ0v) is 15.1. The van der Waals surface area contributed by atoms with Gasteiger partial charge >= 0.3 is 0 Å². The molecule has 0 aliphatic carbocycles. The number of piperidine rings is 1. The highest BCUT2D eigenvalue weighted by molar-refractivity contribution is 5.83. The van der Waals surface area contributed by atoms with Crippen LogP contribution in [0.2, 0.25) is 0 Å². The van der Waals surface area contributed by atoms with Gasteiger partial charge in [-0.25, -0.2) is 4.98 Å². The van der Waals surface area contributed by atoms with Crippen molar-refractivity contribution in [3.63, 3.8) is 0 Å². The Bertz CT molecular complexity index is 760. The monoisotopic (exact) mass is 356 g/mol. The summed E-state index contributed by atoms with van der Waals surface area (Å²) >= 11 is 0. The van der Waals surface area contributed by atoms with Crippen molar-refractivity contribution in [3.8, 4) is 5.75 Å². The zero-order valence-electron chi connectivity index (χ0n) is 15.1. The quantitative estimate of drug-likeness (QED) is 0.856. The lowest BCUT2D eigenvalue weighted by Gasteiger charge is -2.34. The fourth-order valence-corrected chi connectivity index (χ4v) is 3.31. The summed E-state index contributed by atoms with van der Waals surface area (Å²) in [5.74, 6) is 1.43. The molecule has 0 unspecified atom stereocenters. The number of rotatable bonds is 6. The first-order chi connectivity index (χ1) is 12.6. The number of aromatic amines is 1. The third-order valence-electron chi connectivity index (χ3n) is 4.72. The van der Waals surface area contributed by atoms with Gasteiger partial charge in [-0.15, -0.1) is 0 Å². The molecule has 2 amide bonds. The van der Waals surface area contributed by atoms with E-state index in [4.69, 9.17) is 4.74 Å². The summed E-state index contributed by atoms with van der Waals surface area (Å²) in [4.78, 5) is 35.7. The summed E-state index contributed by atoms with van der Waals surface area (Å²) in [7, 11) is 3.39. The molecule has 26 heavy (non-hydrogen) atoms. The Morgan fingerprint density at radius 2 is 2.23 bits per heavy atom. The minimum atomic E-state index is -0.192. The highest BCUT2D eigenvalue weighted by Crippen LogP contribution is 2.25. The molecule has 1 aromatic carbocycles. The van der Waals surface area contributed by atoms with Crippen molar-refractivity contribution in [2.75, 3.05) is 20.7 Å². The fourth-order valence-electron chi connectivity index (χ4n) is 3.31. The van der Waals surface area contributed by atoms with E-state index in [1.807, 2.05) is 24.3 Å². The second-order valence-electron chi connectivity index (χ2n) is 6.55. The number of amides is 2. The van der Waals surface area contributed by atoms with E-state index in [0.717, 1.165) is 17.1 Å². The number of methoxy groups -OCH3 is 1. The minimum Gasteiger partial charge on any atom is -0.496 e. The SMILES string of the molecule is COc1ccccc1CN1C[C@@H](C(=O)N(C)Cc2ncc[nH]2)CCC1=O. The van der Waals surface area contributed by atoms with Crippen LogP contribution < -0.4 is 4.74 Å². The van der Waals surface area contributed by atoms with Crippen LogP contribution >= 0.6 is 0 Å². The summed E-state index contributed by atoms with van der Waals surface area (Å²) < 4.78 is 5.37. The van der Waals surface area contributed by atoms with Crippen LogP contribution in [-0.2, 0) is 22.7 Å². The predicted molar refractivity (Wildman–Crippen MR) is 96.2 cm³/mol. The number of aromatic nitrogens is 2. The molecule has 7 heteroatoms. The number of nitrogens with one attached hydrogen (secondary N) is 1. The van der Waals surface area contributed by atoms with Crippen LogP contribution in [0, 0.1) is 5.92 Å². The average Bonchev–Trinajstić information content (AvgIpc) is 3.16. The molecule has 0 bridgehead atoms. The maximum atomic E-state index is 12.8. The normalized spacial score (nSPS) is 17.2. The van der Waals surface area contributed by atoms with Crippen LogP contribution in [0.5, 0.6) is 5.75 Å². The Kier molecular flexibility index (Phi) is 5.55. The number of benzene rings is 1. The zero-order chi connectivity index (χ0) is 18.5. The van der Waals surface area contributed by atoms with Crippen molar-refractivity contribution >= 4 is 11.8 Å². The van der Waals surface area contributed by atoms with Gasteiger partial charge in [0.1, 0.15) is 11.6 Å². The highest BCUT2D eigenvalue weighted by atomic mass is 16.5. The summed E-state index contributed by atoms with van der Waals surface area (Å²) in [5, 5.41) is 0. The first-order valence-electron chi connectivity index (χ1n) is 8.71. The van der Waals surface area contributed by atoms with Crippen LogP contribution in [0.25, 0.3) is 0 Å². The van der Waals surface area contributed by atoms with E-state index in [1.165, 1.54) is 0 Å². The summed E-state index contributed by atoms with van der Waals surface area (Å²) in [5.41, 5.74) is 0.945. The highest BCUT2D eigenvalue weighted by Gasteiger charge is 2.32. The molecule has 138 valence electrons. The number of H-pyrrole nitrogens is 1. The second-order valence-corrected chi connectivity index (χ2v) is 6.55. The van der Waals surface area contributed by atoms with Gasteiger partial charge in [-0.2, -0.15) is 0 Å². The molecule has 1 aromatic heterocycles. The molecule has 1 aliphatic rings. The van der Waals surface area contributed by atoms with Crippen LogP contribution in [0.4, 0.5) is 0 Å². The van der Waals surface area contributed by atoms with E-state index in [0.29, 0.717) is 32.5 Å². The molecule has 2 heterocycles. The number of imidazole rings is 1. The van der Waals surface area contributed by atoms with Crippen LogP contribution in [0.15, 0.2) is 36.7 Å². The van der Waals surface area contributed by atoms with E-state index in [2.05, 4.69) is 9.97 Å². The second kappa shape index (κ2) is 8.03. The lowest BCUT2D eigenvalue weighted by atomic mass is 9.95.